The summed E-state index contributed by atoms with van der Waals surface area (Å²) < 4.78 is 18.4. The average molecular weight is 272 g/mol. The minimum absolute atomic E-state index is 0.0422. The maximum atomic E-state index is 13.3. The van der Waals surface area contributed by atoms with E-state index in [-0.39, 0.29) is 5.56 Å². The van der Waals surface area contributed by atoms with E-state index >= 15 is 0 Å². The van der Waals surface area contributed by atoms with Crippen LogP contribution in [0.5, 0.6) is 5.75 Å². The van der Waals surface area contributed by atoms with E-state index in [1.165, 1.54) is 24.4 Å². The zero-order valence-corrected chi connectivity index (χ0v) is 10.8. The number of hydrazone groups is 1. The molecule has 0 aromatic heterocycles. The Labute approximate surface area is 115 Å². The maximum absolute atomic E-state index is 13.3. The number of benzene rings is 2. The van der Waals surface area contributed by atoms with Gasteiger partial charge in [-0.3, -0.25) is 4.79 Å². The molecule has 0 saturated heterocycles. The highest BCUT2D eigenvalue weighted by atomic mass is 19.1. The second-order valence-corrected chi connectivity index (χ2v) is 3.95. The third-order valence-electron chi connectivity index (χ3n) is 2.61. The van der Waals surface area contributed by atoms with Crippen molar-refractivity contribution in [3.8, 4) is 5.75 Å². The van der Waals surface area contributed by atoms with Gasteiger partial charge in [0, 0.05) is 0 Å². The van der Waals surface area contributed by atoms with Gasteiger partial charge in [0.2, 0.25) is 0 Å². The van der Waals surface area contributed by atoms with E-state index in [0.29, 0.717) is 0 Å². The molecule has 102 valence electrons. The van der Waals surface area contributed by atoms with Crippen molar-refractivity contribution in [2.24, 2.45) is 5.10 Å². The Morgan fingerprint density at radius 3 is 2.55 bits per heavy atom. The van der Waals surface area contributed by atoms with Crippen LogP contribution >= 0.6 is 0 Å². The molecule has 0 unspecified atom stereocenters. The molecule has 0 aliphatic heterocycles. The van der Waals surface area contributed by atoms with Gasteiger partial charge in [0.15, 0.2) is 0 Å². The van der Waals surface area contributed by atoms with Gasteiger partial charge in [-0.25, -0.2) is 9.82 Å². The van der Waals surface area contributed by atoms with E-state index in [4.69, 9.17) is 4.74 Å². The third kappa shape index (κ3) is 3.41. The lowest BCUT2D eigenvalue weighted by Crippen LogP contribution is -2.18. The van der Waals surface area contributed by atoms with Gasteiger partial charge in [0.1, 0.15) is 11.6 Å². The molecule has 2 rings (SSSR count). The molecule has 2 aromatic carbocycles. The number of ether oxygens (including phenoxy) is 1. The SMILES string of the molecule is COc1ccc(/C=N/NC(=O)c2ccccc2F)cc1. The quantitative estimate of drug-likeness (QED) is 0.687. The monoisotopic (exact) mass is 272 g/mol. The minimum atomic E-state index is -0.590. The summed E-state index contributed by atoms with van der Waals surface area (Å²) in [4.78, 5) is 11.7. The van der Waals surface area contributed by atoms with E-state index in [1.54, 1.807) is 37.4 Å². The van der Waals surface area contributed by atoms with E-state index < -0.39 is 11.7 Å². The standard InChI is InChI=1S/C15H13FN2O2/c1-20-12-8-6-11(7-9-12)10-17-18-15(19)13-4-2-3-5-14(13)16/h2-10H,1H3,(H,18,19)/b17-10+. The molecule has 0 atom stereocenters. The molecule has 20 heavy (non-hydrogen) atoms. The summed E-state index contributed by atoms with van der Waals surface area (Å²) in [7, 11) is 1.58. The topological polar surface area (TPSA) is 50.7 Å². The normalized spacial score (nSPS) is 10.5. The number of hydrogen-bond donors (Lipinski definition) is 1. The van der Waals surface area contributed by atoms with Crippen molar-refractivity contribution in [2.45, 2.75) is 0 Å². The van der Waals surface area contributed by atoms with Crippen LogP contribution in [0.25, 0.3) is 0 Å². The molecule has 0 bridgehead atoms. The lowest BCUT2D eigenvalue weighted by molar-refractivity contribution is 0.0951. The predicted octanol–water partition coefficient (Wildman–Crippen LogP) is 2.60. The van der Waals surface area contributed by atoms with E-state index in [1.807, 2.05) is 0 Å². The van der Waals surface area contributed by atoms with Gasteiger partial charge in [0.05, 0.1) is 18.9 Å². The highest BCUT2D eigenvalue weighted by molar-refractivity contribution is 5.95. The lowest BCUT2D eigenvalue weighted by atomic mass is 10.2. The van der Waals surface area contributed by atoms with Gasteiger partial charge in [-0.05, 0) is 42.0 Å². The van der Waals surface area contributed by atoms with Crippen molar-refractivity contribution in [1.29, 1.82) is 0 Å². The van der Waals surface area contributed by atoms with Gasteiger partial charge in [-0.1, -0.05) is 12.1 Å². The molecular weight excluding hydrogens is 259 g/mol. The first-order valence-corrected chi connectivity index (χ1v) is 5.92. The number of nitrogens with one attached hydrogen (secondary N) is 1. The molecule has 4 nitrogen and oxygen atoms in total. The highest BCUT2D eigenvalue weighted by Crippen LogP contribution is 2.09. The van der Waals surface area contributed by atoms with Crippen LogP contribution in [0.1, 0.15) is 15.9 Å². The van der Waals surface area contributed by atoms with Crippen LogP contribution in [0.3, 0.4) is 0 Å². The summed E-state index contributed by atoms with van der Waals surface area (Å²) in [5.74, 6) is -0.435. The summed E-state index contributed by atoms with van der Waals surface area (Å²) in [6.07, 6.45) is 1.47. The number of hydrogen-bond acceptors (Lipinski definition) is 3. The molecule has 0 heterocycles. The number of nitrogens with zero attached hydrogens (tertiary/aromatic N) is 1. The Balaban J connectivity index is 1.99. The van der Waals surface area contributed by atoms with Crippen molar-refractivity contribution in [2.75, 3.05) is 7.11 Å². The van der Waals surface area contributed by atoms with Crippen molar-refractivity contribution < 1.29 is 13.9 Å². The molecule has 0 saturated carbocycles. The Hall–Kier alpha value is -2.69. The third-order valence-corrected chi connectivity index (χ3v) is 2.61. The average Bonchev–Trinajstić information content (AvgIpc) is 2.48. The number of rotatable bonds is 4. The van der Waals surface area contributed by atoms with Gasteiger partial charge in [-0.15, -0.1) is 0 Å². The molecule has 2 aromatic rings. The molecule has 1 N–H and O–H groups in total. The predicted molar refractivity (Wildman–Crippen MR) is 74.5 cm³/mol. The first kappa shape index (κ1) is 13.7. The van der Waals surface area contributed by atoms with Crippen molar-refractivity contribution in [3.63, 3.8) is 0 Å². The number of carbonyl (C=O) groups excluding carboxylic acids is 1. The molecule has 0 aliphatic rings. The number of halogens is 1. The highest BCUT2D eigenvalue weighted by Gasteiger charge is 2.08. The Morgan fingerprint density at radius 2 is 1.90 bits per heavy atom. The Morgan fingerprint density at radius 1 is 1.20 bits per heavy atom. The zero-order chi connectivity index (χ0) is 14.4. The lowest BCUT2D eigenvalue weighted by Gasteiger charge is -2.01. The molecule has 0 spiro atoms. The number of methoxy groups -OCH3 is 1. The Bertz CT molecular complexity index is 624. The summed E-state index contributed by atoms with van der Waals surface area (Å²) >= 11 is 0. The summed E-state index contributed by atoms with van der Waals surface area (Å²) in [6.45, 7) is 0. The van der Waals surface area contributed by atoms with Crippen molar-refractivity contribution >= 4 is 12.1 Å². The van der Waals surface area contributed by atoms with Crippen molar-refractivity contribution in [1.82, 2.24) is 5.43 Å². The first-order valence-electron chi connectivity index (χ1n) is 5.92. The van der Waals surface area contributed by atoms with E-state index in [0.717, 1.165) is 11.3 Å². The second kappa shape index (κ2) is 6.47. The van der Waals surface area contributed by atoms with Gasteiger partial charge in [0.25, 0.3) is 5.91 Å². The molecular formula is C15H13FN2O2. The largest absolute Gasteiger partial charge is 0.497 e. The molecule has 5 heteroatoms. The van der Waals surface area contributed by atoms with E-state index in [2.05, 4.69) is 10.5 Å². The minimum Gasteiger partial charge on any atom is -0.497 e. The van der Waals surface area contributed by atoms with Crippen LogP contribution in [0, 0.1) is 5.82 Å². The van der Waals surface area contributed by atoms with E-state index in [9.17, 15) is 9.18 Å². The second-order valence-electron chi connectivity index (χ2n) is 3.95. The summed E-state index contributed by atoms with van der Waals surface area (Å²) in [5, 5.41) is 3.78. The van der Waals surface area contributed by atoms with Gasteiger partial charge in [-0.2, -0.15) is 5.10 Å². The summed E-state index contributed by atoms with van der Waals surface area (Å²) in [5.41, 5.74) is 3.03. The number of amides is 1. The Kier molecular flexibility index (Phi) is 4.44. The zero-order valence-electron chi connectivity index (χ0n) is 10.8. The van der Waals surface area contributed by atoms with Crippen LogP contribution in [0.4, 0.5) is 4.39 Å². The molecule has 1 amide bonds. The first-order chi connectivity index (χ1) is 9.70. The van der Waals surface area contributed by atoms with Crippen LogP contribution in [-0.4, -0.2) is 19.2 Å². The molecule has 0 aliphatic carbocycles. The van der Waals surface area contributed by atoms with Crippen LogP contribution in [0.2, 0.25) is 0 Å². The van der Waals surface area contributed by atoms with Crippen LogP contribution in [-0.2, 0) is 0 Å². The van der Waals surface area contributed by atoms with Crippen molar-refractivity contribution in [3.05, 3.63) is 65.5 Å². The maximum Gasteiger partial charge on any atom is 0.274 e. The fourth-order valence-corrected chi connectivity index (χ4v) is 1.56. The van der Waals surface area contributed by atoms with Gasteiger partial charge >= 0.3 is 0 Å². The molecule has 0 fully saturated rings. The van der Waals surface area contributed by atoms with Crippen LogP contribution < -0.4 is 10.2 Å². The van der Waals surface area contributed by atoms with Crippen LogP contribution in [0.15, 0.2) is 53.6 Å². The number of carbonyl (C=O) groups is 1. The molecule has 0 radical (unpaired) electrons. The summed E-state index contributed by atoms with van der Waals surface area (Å²) in [6, 6.07) is 12.9. The fraction of sp³-hybridized carbons (Fsp3) is 0.0667. The smallest absolute Gasteiger partial charge is 0.274 e. The van der Waals surface area contributed by atoms with Gasteiger partial charge < -0.3 is 4.74 Å². The fourth-order valence-electron chi connectivity index (χ4n) is 1.56.